The summed E-state index contributed by atoms with van der Waals surface area (Å²) in [4.78, 5) is 36.1. The number of ketones is 1. The molecule has 0 aromatic heterocycles. The van der Waals surface area contributed by atoms with Crippen LogP contribution in [0.15, 0.2) is 0 Å². The van der Waals surface area contributed by atoms with E-state index in [0.29, 0.717) is 25.7 Å². The van der Waals surface area contributed by atoms with Gasteiger partial charge in [-0.25, -0.2) is 4.79 Å². The summed E-state index contributed by atoms with van der Waals surface area (Å²) in [6.45, 7) is 6.91. The van der Waals surface area contributed by atoms with Crippen molar-refractivity contribution in [2.45, 2.75) is 65.0 Å². The molecule has 1 saturated carbocycles. The van der Waals surface area contributed by atoms with Crippen molar-refractivity contribution < 1.29 is 19.1 Å². The van der Waals surface area contributed by atoms with Gasteiger partial charge in [-0.1, -0.05) is 0 Å². The van der Waals surface area contributed by atoms with Gasteiger partial charge in [0, 0.05) is 25.8 Å². The predicted octanol–water partition coefficient (Wildman–Crippen LogP) is 1.83. The summed E-state index contributed by atoms with van der Waals surface area (Å²) in [6.07, 6.45) is 1.74. The monoisotopic (exact) mass is 284 g/mol. The van der Waals surface area contributed by atoms with Gasteiger partial charge >= 0.3 is 6.09 Å². The molecule has 0 unspecified atom stereocenters. The van der Waals surface area contributed by atoms with Crippen LogP contribution in [0.2, 0.25) is 0 Å². The van der Waals surface area contributed by atoms with Gasteiger partial charge in [-0.15, -0.1) is 0 Å². The lowest BCUT2D eigenvalue weighted by molar-refractivity contribution is -0.122. The van der Waals surface area contributed by atoms with Gasteiger partial charge in [0.05, 0.1) is 6.67 Å². The summed E-state index contributed by atoms with van der Waals surface area (Å²) in [5.74, 6) is 0.0235. The standard InChI is InChI=1S/C14H24N2O4/c1-10(17)15-9-16(13(19)20-14(2,3)4)11-5-7-12(18)8-6-11/h11H,5-9H2,1-4H3,(H,15,17). The second kappa shape index (κ2) is 6.72. The van der Waals surface area contributed by atoms with Crippen molar-refractivity contribution in [3.05, 3.63) is 0 Å². The number of ether oxygens (including phenoxy) is 1. The fraction of sp³-hybridized carbons (Fsp3) is 0.786. The topological polar surface area (TPSA) is 75.7 Å². The van der Waals surface area contributed by atoms with E-state index in [0.717, 1.165) is 0 Å². The molecule has 1 rings (SSSR count). The van der Waals surface area contributed by atoms with Crippen LogP contribution in [0, 0.1) is 0 Å². The Bertz CT molecular complexity index is 377. The second-order valence-corrected chi connectivity index (χ2v) is 6.11. The minimum absolute atomic E-state index is 0.0607. The van der Waals surface area contributed by atoms with Crippen LogP contribution in [-0.4, -0.2) is 41.0 Å². The highest BCUT2D eigenvalue weighted by molar-refractivity contribution is 5.79. The Balaban J connectivity index is 2.71. The number of carbonyl (C=O) groups is 3. The summed E-state index contributed by atoms with van der Waals surface area (Å²) in [7, 11) is 0. The zero-order valence-corrected chi connectivity index (χ0v) is 12.7. The van der Waals surface area contributed by atoms with Crippen molar-refractivity contribution in [3.8, 4) is 0 Å². The number of hydrogen-bond acceptors (Lipinski definition) is 4. The van der Waals surface area contributed by atoms with Gasteiger partial charge in [-0.3, -0.25) is 14.5 Å². The molecule has 0 radical (unpaired) electrons. The quantitative estimate of drug-likeness (QED) is 0.802. The van der Waals surface area contributed by atoms with Crippen LogP contribution in [0.1, 0.15) is 53.4 Å². The number of carbonyl (C=O) groups excluding carboxylic acids is 3. The van der Waals surface area contributed by atoms with Crippen molar-refractivity contribution >= 4 is 17.8 Å². The minimum Gasteiger partial charge on any atom is -0.444 e. The highest BCUT2D eigenvalue weighted by Crippen LogP contribution is 2.22. The number of rotatable bonds is 3. The van der Waals surface area contributed by atoms with E-state index in [9.17, 15) is 14.4 Å². The Kier molecular flexibility index (Phi) is 5.53. The average molecular weight is 284 g/mol. The highest BCUT2D eigenvalue weighted by Gasteiger charge is 2.31. The maximum Gasteiger partial charge on any atom is 0.411 e. The third-order valence-corrected chi connectivity index (χ3v) is 3.08. The molecule has 1 N–H and O–H groups in total. The molecule has 0 heterocycles. The van der Waals surface area contributed by atoms with E-state index in [2.05, 4.69) is 5.32 Å². The molecule has 6 heteroatoms. The van der Waals surface area contributed by atoms with E-state index < -0.39 is 11.7 Å². The second-order valence-electron chi connectivity index (χ2n) is 6.11. The average Bonchev–Trinajstić information content (AvgIpc) is 2.29. The SMILES string of the molecule is CC(=O)NCN(C(=O)OC(C)(C)C)C1CCC(=O)CC1. The lowest BCUT2D eigenvalue weighted by Gasteiger charge is -2.35. The fourth-order valence-corrected chi connectivity index (χ4v) is 2.10. The summed E-state index contributed by atoms with van der Waals surface area (Å²) in [6, 6.07) is -0.0607. The van der Waals surface area contributed by atoms with Crippen LogP contribution in [0.3, 0.4) is 0 Å². The normalized spacial score (nSPS) is 16.7. The van der Waals surface area contributed by atoms with E-state index in [1.54, 1.807) is 20.8 Å². The lowest BCUT2D eigenvalue weighted by Crippen LogP contribution is -2.49. The molecule has 114 valence electrons. The van der Waals surface area contributed by atoms with Crippen molar-refractivity contribution in [1.29, 1.82) is 0 Å². The van der Waals surface area contributed by atoms with Gasteiger partial charge in [-0.2, -0.15) is 0 Å². The molecule has 0 aromatic rings. The summed E-state index contributed by atoms with van der Waals surface area (Å²) >= 11 is 0. The summed E-state index contributed by atoms with van der Waals surface area (Å²) in [5, 5.41) is 2.62. The van der Waals surface area contributed by atoms with E-state index in [1.807, 2.05) is 0 Å². The van der Waals surface area contributed by atoms with Gasteiger partial charge in [-0.05, 0) is 33.6 Å². The molecule has 1 aliphatic rings. The molecule has 1 aliphatic carbocycles. The Hall–Kier alpha value is -1.59. The lowest BCUT2D eigenvalue weighted by atomic mass is 9.93. The molecule has 2 amide bonds. The highest BCUT2D eigenvalue weighted by atomic mass is 16.6. The Morgan fingerprint density at radius 1 is 1.30 bits per heavy atom. The van der Waals surface area contributed by atoms with Crippen LogP contribution in [0.5, 0.6) is 0 Å². The van der Waals surface area contributed by atoms with E-state index in [4.69, 9.17) is 4.74 Å². The zero-order chi connectivity index (χ0) is 15.3. The van der Waals surface area contributed by atoms with Crippen molar-refractivity contribution in [1.82, 2.24) is 10.2 Å². The van der Waals surface area contributed by atoms with Crippen LogP contribution in [0.25, 0.3) is 0 Å². The van der Waals surface area contributed by atoms with E-state index in [1.165, 1.54) is 11.8 Å². The third kappa shape index (κ3) is 5.59. The molecule has 0 saturated heterocycles. The minimum atomic E-state index is -0.587. The van der Waals surface area contributed by atoms with Gasteiger partial charge in [0.1, 0.15) is 11.4 Å². The maximum absolute atomic E-state index is 12.2. The molecular formula is C14H24N2O4. The van der Waals surface area contributed by atoms with E-state index in [-0.39, 0.29) is 24.4 Å². The molecule has 20 heavy (non-hydrogen) atoms. The van der Waals surface area contributed by atoms with Crippen LogP contribution in [0.4, 0.5) is 4.79 Å². The molecule has 0 spiro atoms. The fourth-order valence-electron chi connectivity index (χ4n) is 2.10. The Morgan fingerprint density at radius 2 is 1.85 bits per heavy atom. The van der Waals surface area contributed by atoms with Gasteiger partial charge in [0.25, 0.3) is 0 Å². The third-order valence-electron chi connectivity index (χ3n) is 3.08. The smallest absolute Gasteiger partial charge is 0.411 e. The van der Waals surface area contributed by atoms with Crippen LogP contribution in [-0.2, 0) is 14.3 Å². The van der Waals surface area contributed by atoms with Gasteiger partial charge < -0.3 is 10.1 Å². The largest absolute Gasteiger partial charge is 0.444 e. The Morgan fingerprint density at radius 3 is 2.30 bits per heavy atom. The molecule has 0 aromatic carbocycles. The molecule has 6 nitrogen and oxygen atoms in total. The molecule has 1 fully saturated rings. The molecule has 0 bridgehead atoms. The van der Waals surface area contributed by atoms with Gasteiger partial charge in [0.2, 0.25) is 5.91 Å². The van der Waals surface area contributed by atoms with Crippen molar-refractivity contribution in [3.63, 3.8) is 0 Å². The molecule has 0 atom stereocenters. The number of amides is 2. The summed E-state index contributed by atoms with van der Waals surface area (Å²) < 4.78 is 5.36. The van der Waals surface area contributed by atoms with E-state index >= 15 is 0 Å². The maximum atomic E-state index is 12.2. The predicted molar refractivity (Wildman–Crippen MR) is 74.0 cm³/mol. The molecular weight excluding hydrogens is 260 g/mol. The van der Waals surface area contributed by atoms with Crippen LogP contribution < -0.4 is 5.32 Å². The van der Waals surface area contributed by atoms with Crippen molar-refractivity contribution in [2.75, 3.05) is 6.67 Å². The zero-order valence-electron chi connectivity index (χ0n) is 12.7. The van der Waals surface area contributed by atoms with Crippen molar-refractivity contribution in [2.24, 2.45) is 0 Å². The number of hydrogen-bond donors (Lipinski definition) is 1. The molecule has 0 aliphatic heterocycles. The van der Waals surface area contributed by atoms with Gasteiger partial charge in [0.15, 0.2) is 0 Å². The first-order valence-corrected chi connectivity index (χ1v) is 6.95. The number of nitrogens with one attached hydrogen (secondary N) is 1. The first kappa shape index (κ1) is 16.5. The first-order chi connectivity index (χ1) is 9.19. The number of nitrogens with zero attached hydrogens (tertiary/aromatic N) is 1. The number of Topliss-reactive ketones (excluding diaryl/α,β-unsaturated/α-hetero) is 1. The Labute approximate surface area is 119 Å². The summed E-state index contributed by atoms with van der Waals surface area (Å²) in [5.41, 5.74) is -0.587. The first-order valence-electron chi connectivity index (χ1n) is 6.95. The van der Waals surface area contributed by atoms with Crippen LogP contribution >= 0.6 is 0 Å².